The molecule has 0 aliphatic rings. The quantitative estimate of drug-likeness (QED) is 0.616. The zero-order valence-corrected chi connectivity index (χ0v) is 9.55. The molecule has 0 N–H and O–H groups in total. The summed E-state index contributed by atoms with van der Waals surface area (Å²) in [5, 5.41) is 11.9. The second kappa shape index (κ2) is 4.14. The Bertz CT molecular complexity index is 679. The third-order valence-corrected chi connectivity index (χ3v) is 3.88. The van der Waals surface area contributed by atoms with Gasteiger partial charge < -0.3 is 0 Å². The minimum atomic E-state index is -3.85. The van der Waals surface area contributed by atoms with E-state index >= 15 is 0 Å². The van der Waals surface area contributed by atoms with Crippen LogP contribution in [0.1, 0.15) is 0 Å². The molecule has 0 bridgehead atoms. The predicted molar refractivity (Wildman–Crippen MR) is 63.0 cm³/mol. The Labute approximate surface area is 97.8 Å². The number of rotatable bonds is 3. The smallest absolute Gasteiger partial charge is 0.263 e. The second-order valence-electron chi connectivity index (χ2n) is 3.59. The molecule has 2 aromatic rings. The molecule has 0 amide bonds. The first-order valence-corrected chi connectivity index (χ1v) is 6.48. The fraction of sp³-hybridized carbons (Fsp3) is 0.0909. The lowest BCUT2D eigenvalue weighted by Gasteiger charge is -2.02. The van der Waals surface area contributed by atoms with Crippen LogP contribution >= 0.6 is 0 Å². The molecule has 0 spiro atoms. The molecular weight excluding hydrogens is 242 g/mol. The molecule has 0 saturated heterocycles. The van der Waals surface area contributed by atoms with Crippen molar-refractivity contribution in [3.63, 3.8) is 0 Å². The van der Waals surface area contributed by atoms with Gasteiger partial charge in [-0.05, 0) is 22.9 Å². The monoisotopic (exact) mass is 251 g/mol. The Kier molecular flexibility index (Phi) is 2.81. The van der Waals surface area contributed by atoms with E-state index in [0.717, 1.165) is 10.8 Å². The van der Waals surface area contributed by atoms with Crippen molar-refractivity contribution < 1.29 is 13.3 Å². The molecule has 0 unspecified atom stereocenters. The zero-order chi connectivity index (χ0) is 12.5. The predicted octanol–water partition coefficient (Wildman–Crippen LogP) is 1.85. The Morgan fingerprint density at radius 1 is 1.06 bits per heavy atom. The van der Waals surface area contributed by atoms with Gasteiger partial charge in [0.2, 0.25) is 9.84 Å². The van der Waals surface area contributed by atoms with Gasteiger partial charge in [-0.15, -0.1) is 0 Å². The van der Waals surface area contributed by atoms with Crippen molar-refractivity contribution in [3.8, 4) is 0 Å². The Hall–Kier alpha value is -1.95. The van der Waals surface area contributed by atoms with Crippen LogP contribution in [-0.4, -0.2) is 19.2 Å². The van der Waals surface area contributed by atoms with Crippen molar-refractivity contribution in [1.29, 1.82) is 0 Å². The third kappa shape index (κ3) is 2.42. The summed E-state index contributed by atoms with van der Waals surface area (Å²) in [5.74, 6) is -1.08. The molecular formula is C11H9NO4S. The molecule has 6 heteroatoms. The van der Waals surface area contributed by atoms with Gasteiger partial charge in [-0.1, -0.05) is 30.3 Å². The SMILES string of the molecule is O=[N+]([O-])CS(=O)(=O)c1ccc2ccccc2c1. The van der Waals surface area contributed by atoms with Gasteiger partial charge in [-0.3, -0.25) is 10.1 Å². The normalized spacial score (nSPS) is 11.5. The van der Waals surface area contributed by atoms with E-state index in [9.17, 15) is 18.5 Å². The highest BCUT2D eigenvalue weighted by atomic mass is 32.2. The minimum Gasteiger partial charge on any atom is -0.263 e. The molecule has 2 rings (SSSR count). The summed E-state index contributed by atoms with van der Waals surface area (Å²) in [6.45, 7) is 0. The summed E-state index contributed by atoms with van der Waals surface area (Å²) in [6.07, 6.45) is 0. The lowest BCUT2D eigenvalue weighted by Crippen LogP contribution is -2.14. The number of hydrogen-bond acceptors (Lipinski definition) is 4. The van der Waals surface area contributed by atoms with Crippen LogP contribution in [-0.2, 0) is 9.84 Å². The van der Waals surface area contributed by atoms with Crippen LogP contribution in [0.3, 0.4) is 0 Å². The summed E-state index contributed by atoms with van der Waals surface area (Å²) in [5.41, 5.74) is 0. The van der Waals surface area contributed by atoms with Crippen LogP contribution in [0.25, 0.3) is 10.8 Å². The van der Waals surface area contributed by atoms with Crippen LogP contribution in [0.2, 0.25) is 0 Å². The molecule has 0 heterocycles. The van der Waals surface area contributed by atoms with Crippen molar-refractivity contribution in [3.05, 3.63) is 52.6 Å². The highest BCUT2D eigenvalue weighted by molar-refractivity contribution is 7.91. The number of benzene rings is 2. The van der Waals surface area contributed by atoms with Gasteiger partial charge in [0.1, 0.15) is 0 Å². The van der Waals surface area contributed by atoms with Crippen LogP contribution in [0.15, 0.2) is 47.4 Å². The molecule has 0 aliphatic heterocycles. The molecule has 0 atom stereocenters. The summed E-state index contributed by atoms with van der Waals surface area (Å²) in [7, 11) is -3.85. The van der Waals surface area contributed by atoms with Gasteiger partial charge in [-0.2, -0.15) is 0 Å². The van der Waals surface area contributed by atoms with E-state index in [4.69, 9.17) is 0 Å². The van der Waals surface area contributed by atoms with E-state index < -0.39 is 20.6 Å². The Balaban J connectivity index is 2.53. The van der Waals surface area contributed by atoms with E-state index in [1.807, 2.05) is 12.1 Å². The lowest BCUT2D eigenvalue weighted by molar-refractivity contribution is -0.458. The third-order valence-electron chi connectivity index (χ3n) is 2.36. The van der Waals surface area contributed by atoms with Gasteiger partial charge in [-0.25, -0.2) is 8.42 Å². The Morgan fingerprint density at radius 2 is 1.71 bits per heavy atom. The topological polar surface area (TPSA) is 77.3 Å². The minimum absolute atomic E-state index is 0.0205. The second-order valence-corrected chi connectivity index (χ2v) is 5.54. The van der Waals surface area contributed by atoms with E-state index in [0.29, 0.717) is 0 Å². The Morgan fingerprint density at radius 3 is 2.35 bits per heavy atom. The number of hydrogen-bond donors (Lipinski definition) is 0. The van der Waals surface area contributed by atoms with Crippen LogP contribution in [0.5, 0.6) is 0 Å². The number of nitrogens with zero attached hydrogens (tertiary/aromatic N) is 1. The lowest BCUT2D eigenvalue weighted by atomic mass is 10.1. The first-order valence-electron chi connectivity index (χ1n) is 4.82. The zero-order valence-electron chi connectivity index (χ0n) is 8.74. The number of sulfone groups is 1. The van der Waals surface area contributed by atoms with Crippen LogP contribution in [0, 0.1) is 10.1 Å². The molecule has 0 radical (unpaired) electrons. The summed E-state index contributed by atoms with van der Waals surface area (Å²) < 4.78 is 23.3. The molecule has 88 valence electrons. The summed E-state index contributed by atoms with van der Waals surface area (Å²) >= 11 is 0. The van der Waals surface area contributed by atoms with E-state index in [1.54, 1.807) is 18.2 Å². The van der Waals surface area contributed by atoms with Gasteiger partial charge >= 0.3 is 5.88 Å². The fourth-order valence-corrected chi connectivity index (χ4v) is 2.58. The van der Waals surface area contributed by atoms with E-state index in [-0.39, 0.29) is 4.90 Å². The average Bonchev–Trinajstić information content (AvgIpc) is 2.26. The highest BCUT2D eigenvalue weighted by Gasteiger charge is 2.21. The molecule has 17 heavy (non-hydrogen) atoms. The van der Waals surface area contributed by atoms with Crippen molar-refractivity contribution in [2.45, 2.75) is 4.90 Å². The molecule has 5 nitrogen and oxygen atoms in total. The highest BCUT2D eigenvalue weighted by Crippen LogP contribution is 2.19. The number of fused-ring (bicyclic) bond motifs is 1. The van der Waals surface area contributed by atoms with Crippen LogP contribution < -0.4 is 0 Å². The standard InChI is InChI=1S/C11H9NO4S/c13-12(14)8-17(15,16)11-6-5-9-3-1-2-4-10(9)7-11/h1-7H,8H2. The first-order chi connectivity index (χ1) is 7.99. The maximum Gasteiger partial charge on any atom is 0.305 e. The van der Waals surface area contributed by atoms with Crippen molar-refractivity contribution in [2.75, 3.05) is 5.88 Å². The average molecular weight is 251 g/mol. The van der Waals surface area contributed by atoms with Gasteiger partial charge in [0.25, 0.3) is 0 Å². The molecule has 0 aromatic heterocycles. The van der Waals surface area contributed by atoms with E-state index in [1.165, 1.54) is 12.1 Å². The first kappa shape index (κ1) is 11.5. The van der Waals surface area contributed by atoms with Crippen molar-refractivity contribution in [1.82, 2.24) is 0 Å². The van der Waals surface area contributed by atoms with Crippen LogP contribution in [0.4, 0.5) is 0 Å². The van der Waals surface area contributed by atoms with Crippen molar-refractivity contribution >= 4 is 20.6 Å². The maximum atomic E-state index is 11.6. The van der Waals surface area contributed by atoms with Crippen molar-refractivity contribution in [2.24, 2.45) is 0 Å². The number of nitro groups is 1. The van der Waals surface area contributed by atoms with Gasteiger partial charge in [0.05, 0.1) is 4.90 Å². The van der Waals surface area contributed by atoms with Gasteiger partial charge in [0.15, 0.2) is 0 Å². The molecule has 0 saturated carbocycles. The molecule has 2 aromatic carbocycles. The van der Waals surface area contributed by atoms with Gasteiger partial charge in [0, 0.05) is 4.92 Å². The summed E-state index contributed by atoms with van der Waals surface area (Å²) in [6, 6.07) is 11.7. The molecule has 0 aliphatic carbocycles. The fourth-order valence-electron chi connectivity index (χ4n) is 1.57. The summed E-state index contributed by atoms with van der Waals surface area (Å²) in [4.78, 5) is 9.42. The largest absolute Gasteiger partial charge is 0.305 e. The molecule has 0 fully saturated rings. The van der Waals surface area contributed by atoms with E-state index in [2.05, 4.69) is 0 Å². The maximum absolute atomic E-state index is 11.6.